The Morgan fingerprint density at radius 2 is 1.91 bits per heavy atom. The number of benzene rings is 3. The Hall–Kier alpha value is -4.13. The van der Waals surface area contributed by atoms with E-state index in [9.17, 15) is 9.59 Å². The minimum absolute atomic E-state index is 0.0608. The van der Waals surface area contributed by atoms with Crippen molar-refractivity contribution in [2.75, 3.05) is 29.9 Å². The second kappa shape index (κ2) is 8.58. The highest BCUT2D eigenvalue weighted by atomic mass is 16.5. The Morgan fingerprint density at radius 1 is 1.14 bits per heavy atom. The smallest absolute Gasteiger partial charge is 0.310 e. The summed E-state index contributed by atoms with van der Waals surface area (Å²) in [7, 11) is 0. The van der Waals surface area contributed by atoms with Gasteiger partial charge in [-0.15, -0.1) is 0 Å². The Balaban J connectivity index is 1.53. The average molecular weight is 468 g/mol. The molecule has 35 heavy (non-hydrogen) atoms. The van der Waals surface area contributed by atoms with Gasteiger partial charge in [-0.1, -0.05) is 47.6 Å². The molecule has 3 aromatic carbocycles. The van der Waals surface area contributed by atoms with Gasteiger partial charge in [0, 0.05) is 29.9 Å². The van der Waals surface area contributed by atoms with Crippen LogP contribution >= 0.6 is 0 Å². The molecule has 7 nitrogen and oxygen atoms in total. The zero-order chi connectivity index (χ0) is 23.9. The number of hydrogen-bond donors (Lipinski definition) is 1. The predicted octanol–water partition coefficient (Wildman–Crippen LogP) is 5.56. The van der Waals surface area contributed by atoms with Crippen LogP contribution in [0.15, 0.2) is 65.2 Å². The van der Waals surface area contributed by atoms with Gasteiger partial charge in [-0.05, 0) is 38.0 Å². The summed E-state index contributed by atoms with van der Waals surface area (Å²) in [5.74, 6) is 0.167. The molecule has 2 aliphatic rings. The van der Waals surface area contributed by atoms with Crippen LogP contribution in [-0.4, -0.2) is 36.6 Å². The summed E-state index contributed by atoms with van der Waals surface area (Å²) in [4.78, 5) is 28.4. The number of fused-ring (bicyclic) bond motifs is 2. The Labute approximate surface area is 202 Å². The topological polar surface area (TPSA) is 84.7 Å². The van der Waals surface area contributed by atoms with Gasteiger partial charge in [0.2, 0.25) is 0 Å². The third kappa shape index (κ3) is 3.55. The molecule has 1 fully saturated rings. The second-order valence-corrected chi connectivity index (χ2v) is 8.96. The van der Waals surface area contributed by atoms with Gasteiger partial charge in [-0.3, -0.25) is 9.59 Å². The van der Waals surface area contributed by atoms with Crippen molar-refractivity contribution in [2.45, 2.75) is 19.8 Å². The Bertz CT molecular complexity index is 1440. The van der Waals surface area contributed by atoms with Crippen molar-refractivity contribution in [2.24, 2.45) is 5.92 Å². The maximum absolute atomic E-state index is 13.7. The molecule has 1 unspecified atom stereocenters. The van der Waals surface area contributed by atoms with Crippen LogP contribution in [0.25, 0.3) is 22.2 Å². The lowest BCUT2D eigenvalue weighted by Gasteiger charge is -2.34. The quantitative estimate of drug-likeness (QED) is 0.339. The first-order chi connectivity index (χ1) is 17.2. The van der Waals surface area contributed by atoms with E-state index in [2.05, 4.69) is 15.4 Å². The molecule has 1 saturated heterocycles. The highest BCUT2D eigenvalue weighted by Crippen LogP contribution is 2.46. The van der Waals surface area contributed by atoms with Crippen LogP contribution < -0.4 is 10.2 Å². The highest BCUT2D eigenvalue weighted by molar-refractivity contribution is 6.28. The molecule has 7 heteroatoms. The number of anilines is 3. The Kier molecular flexibility index (Phi) is 5.25. The van der Waals surface area contributed by atoms with Gasteiger partial charge >= 0.3 is 5.97 Å². The summed E-state index contributed by atoms with van der Waals surface area (Å²) in [6.45, 7) is 3.51. The summed E-state index contributed by atoms with van der Waals surface area (Å²) >= 11 is 0. The number of nitrogens with one attached hydrogen (secondary N) is 1. The molecule has 6 rings (SSSR count). The van der Waals surface area contributed by atoms with E-state index in [0.29, 0.717) is 46.6 Å². The number of rotatable bonds is 5. The van der Waals surface area contributed by atoms with Gasteiger partial charge in [0.1, 0.15) is 5.52 Å². The normalized spacial score (nSPS) is 16.8. The number of aromatic nitrogens is 1. The molecule has 1 aromatic heterocycles. The van der Waals surface area contributed by atoms with E-state index in [-0.39, 0.29) is 17.7 Å². The SMILES string of the molecule is CCOC(=O)C1CCCN(c2cc(Nc3ccccc3)c3c4c(onc24)-c2ccccc2C3=O)C1. The van der Waals surface area contributed by atoms with Crippen LogP contribution in [0.3, 0.4) is 0 Å². The molecule has 0 radical (unpaired) electrons. The minimum Gasteiger partial charge on any atom is -0.466 e. The molecule has 0 spiro atoms. The van der Waals surface area contributed by atoms with Crippen molar-refractivity contribution < 1.29 is 18.8 Å². The maximum atomic E-state index is 13.7. The van der Waals surface area contributed by atoms with Gasteiger partial charge < -0.3 is 19.5 Å². The van der Waals surface area contributed by atoms with Crippen LogP contribution in [0.4, 0.5) is 17.1 Å². The molecule has 4 aromatic rings. The van der Waals surface area contributed by atoms with Gasteiger partial charge in [0.15, 0.2) is 11.5 Å². The molecule has 0 saturated carbocycles. The van der Waals surface area contributed by atoms with E-state index in [0.717, 1.165) is 36.3 Å². The predicted molar refractivity (Wildman–Crippen MR) is 134 cm³/mol. The third-order valence-corrected chi connectivity index (χ3v) is 6.81. The molecular weight excluding hydrogens is 442 g/mol. The zero-order valence-electron chi connectivity index (χ0n) is 19.4. The molecule has 176 valence electrons. The van der Waals surface area contributed by atoms with E-state index in [1.54, 1.807) is 0 Å². The molecular formula is C28H25N3O4. The molecule has 0 bridgehead atoms. The van der Waals surface area contributed by atoms with Crippen molar-refractivity contribution >= 4 is 39.7 Å². The highest BCUT2D eigenvalue weighted by Gasteiger charge is 2.35. The maximum Gasteiger partial charge on any atom is 0.310 e. The number of para-hydroxylation sites is 1. The number of carbonyl (C=O) groups is 2. The van der Waals surface area contributed by atoms with Crippen molar-refractivity contribution in [1.82, 2.24) is 5.16 Å². The standard InChI is InChI=1S/C28H25N3O4/c1-2-34-28(33)17-9-8-14-31(16-17)22-15-21(29-18-10-4-3-5-11-18)23-24-25(22)30-35-27(24)20-13-7-6-12-19(20)26(23)32/h3-7,10-13,15,17,29H,2,8-9,14,16H2,1H3. The lowest BCUT2D eigenvalue weighted by Crippen LogP contribution is -2.39. The number of carbonyl (C=O) groups excluding carboxylic acids is 2. The fourth-order valence-electron chi connectivity index (χ4n) is 5.21. The fourth-order valence-corrected chi connectivity index (χ4v) is 5.21. The summed E-state index contributed by atoms with van der Waals surface area (Å²) in [6.07, 6.45) is 1.66. The average Bonchev–Trinajstić information content (AvgIpc) is 3.34. The van der Waals surface area contributed by atoms with Crippen molar-refractivity contribution in [3.8, 4) is 11.3 Å². The third-order valence-electron chi connectivity index (χ3n) is 6.81. The number of ketones is 1. The van der Waals surface area contributed by atoms with Crippen LogP contribution in [0.2, 0.25) is 0 Å². The number of hydrogen-bond acceptors (Lipinski definition) is 7. The van der Waals surface area contributed by atoms with E-state index >= 15 is 0 Å². The van der Waals surface area contributed by atoms with E-state index in [4.69, 9.17) is 9.26 Å². The van der Waals surface area contributed by atoms with E-state index < -0.39 is 0 Å². The first-order valence-electron chi connectivity index (χ1n) is 12.0. The Morgan fingerprint density at radius 3 is 2.71 bits per heavy atom. The summed E-state index contributed by atoms with van der Waals surface area (Å²) in [5, 5.41) is 8.60. The number of piperidine rings is 1. The van der Waals surface area contributed by atoms with Gasteiger partial charge in [-0.25, -0.2) is 0 Å². The molecule has 0 amide bonds. The largest absolute Gasteiger partial charge is 0.466 e. The van der Waals surface area contributed by atoms with Crippen LogP contribution in [0.5, 0.6) is 0 Å². The number of nitrogens with zero attached hydrogens (tertiary/aromatic N) is 2. The zero-order valence-corrected chi connectivity index (χ0v) is 19.4. The van der Waals surface area contributed by atoms with Crippen LogP contribution in [0, 0.1) is 5.92 Å². The van der Waals surface area contributed by atoms with Gasteiger partial charge in [-0.2, -0.15) is 0 Å². The summed E-state index contributed by atoms with van der Waals surface area (Å²) in [6, 6.07) is 19.2. The van der Waals surface area contributed by atoms with E-state index in [1.165, 1.54) is 0 Å². The number of ether oxygens (including phenoxy) is 1. The lowest BCUT2D eigenvalue weighted by molar-refractivity contribution is -0.148. The van der Waals surface area contributed by atoms with Crippen LogP contribution in [-0.2, 0) is 9.53 Å². The summed E-state index contributed by atoms with van der Waals surface area (Å²) < 4.78 is 11.2. The molecule has 1 N–H and O–H groups in total. The van der Waals surface area contributed by atoms with Crippen molar-refractivity contribution in [3.05, 3.63) is 71.8 Å². The summed E-state index contributed by atoms with van der Waals surface area (Å²) in [5.41, 5.74) is 4.96. The van der Waals surface area contributed by atoms with Crippen molar-refractivity contribution in [3.63, 3.8) is 0 Å². The van der Waals surface area contributed by atoms with Gasteiger partial charge in [0.25, 0.3) is 0 Å². The first kappa shape index (κ1) is 21.4. The van der Waals surface area contributed by atoms with Gasteiger partial charge in [0.05, 0.1) is 34.8 Å². The monoisotopic (exact) mass is 467 g/mol. The van der Waals surface area contributed by atoms with E-state index in [1.807, 2.05) is 67.6 Å². The number of esters is 1. The molecule has 1 aliphatic heterocycles. The second-order valence-electron chi connectivity index (χ2n) is 8.96. The van der Waals surface area contributed by atoms with Crippen molar-refractivity contribution in [1.29, 1.82) is 0 Å². The minimum atomic E-state index is -0.203. The molecule has 1 atom stereocenters. The molecule has 2 heterocycles. The molecule has 1 aliphatic carbocycles. The first-order valence-corrected chi connectivity index (χ1v) is 12.0. The fraction of sp³-hybridized carbons (Fsp3) is 0.250. The lowest BCUT2D eigenvalue weighted by atomic mass is 9.86. The van der Waals surface area contributed by atoms with Crippen LogP contribution in [0.1, 0.15) is 35.7 Å².